The number of likely N-dealkylation sites (tertiary alicyclic amines) is 2. The van der Waals surface area contributed by atoms with E-state index in [-0.39, 0.29) is 29.5 Å². The molecule has 9 rings (SSSR count). The van der Waals surface area contributed by atoms with Crippen molar-refractivity contribution in [1.29, 1.82) is 0 Å². The number of benzene rings is 2. The van der Waals surface area contributed by atoms with Gasteiger partial charge in [-0.2, -0.15) is 0 Å². The van der Waals surface area contributed by atoms with Crippen molar-refractivity contribution in [2.24, 2.45) is 24.8 Å². The minimum Gasteiger partial charge on any atom is -0.496 e. The topological polar surface area (TPSA) is 147 Å². The summed E-state index contributed by atoms with van der Waals surface area (Å²) < 4.78 is 29.0. The summed E-state index contributed by atoms with van der Waals surface area (Å²) in [6.45, 7) is 7.28. The van der Waals surface area contributed by atoms with E-state index in [2.05, 4.69) is 20.1 Å². The highest BCUT2D eigenvalue weighted by Crippen LogP contribution is 2.40. The van der Waals surface area contributed by atoms with Crippen LogP contribution in [0.3, 0.4) is 0 Å². The molecule has 4 aromatic rings. The number of piperidine rings is 4. The Morgan fingerprint density at radius 3 is 2.02 bits per heavy atom. The van der Waals surface area contributed by atoms with E-state index in [1.807, 2.05) is 29.3 Å². The molecule has 0 bridgehead atoms. The number of amides is 4. The predicted molar refractivity (Wildman–Crippen MR) is 231 cm³/mol. The SMILES string of the molecule is COc1cc(-c2cn(C)c(=O)c3cnccc23)cc(OC)c1CN1CCC(C2CCN(CC3CCN(c4cc5c(cc4F)C(=O)N(C4CCC(=O)NC4=O)C5=O)CC3)CC2)CC1. The van der Waals surface area contributed by atoms with Crippen LogP contribution in [0.2, 0.25) is 0 Å². The molecule has 5 aliphatic rings. The van der Waals surface area contributed by atoms with Crippen molar-refractivity contribution in [3.63, 3.8) is 0 Å². The Morgan fingerprint density at radius 1 is 0.758 bits per heavy atom. The molecule has 1 atom stereocenters. The van der Waals surface area contributed by atoms with Crippen molar-refractivity contribution in [1.82, 2.24) is 29.6 Å². The number of aryl methyl sites for hydroxylation is 1. The number of halogens is 1. The Hall–Kier alpha value is -5.67. The number of methoxy groups -OCH3 is 2. The van der Waals surface area contributed by atoms with Crippen molar-refractivity contribution in [2.45, 2.75) is 64.0 Å². The van der Waals surface area contributed by atoms with Gasteiger partial charge in [-0.25, -0.2) is 4.39 Å². The lowest BCUT2D eigenvalue weighted by molar-refractivity contribution is -0.136. The van der Waals surface area contributed by atoms with Crippen molar-refractivity contribution >= 4 is 40.1 Å². The molecule has 1 unspecified atom stereocenters. The molecule has 62 heavy (non-hydrogen) atoms. The van der Waals surface area contributed by atoms with E-state index in [9.17, 15) is 24.0 Å². The molecule has 2 aromatic carbocycles. The normalized spacial score (nSPS) is 21.2. The number of anilines is 1. The maximum absolute atomic E-state index is 15.5. The number of hydrogen-bond donors (Lipinski definition) is 1. The fourth-order valence-corrected chi connectivity index (χ4v) is 10.7. The molecule has 1 N–H and O–H groups in total. The Morgan fingerprint density at radius 2 is 1.39 bits per heavy atom. The van der Waals surface area contributed by atoms with Gasteiger partial charge in [0.2, 0.25) is 11.8 Å². The van der Waals surface area contributed by atoms with E-state index >= 15 is 4.39 Å². The first-order chi connectivity index (χ1) is 30.0. The summed E-state index contributed by atoms with van der Waals surface area (Å²) in [7, 11) is 5.14. The Balaban J connectivity index is 0.752. The van der Waals surface area contributed by atoms with E-state index in [1.165, 1.54) is 18.9 Å². The molecule has 5 aliphatic heterocycles. The van der Waals surface area contributed by atoms with Crippen LogP contribution in [0.4, 0.5) is 10.1 Å². The summed E-state index contributed by atoms with van der Waals surface area (Å²) >= 11 is 0. The van der Waals surface area contributed by atoms with E-state index in [4.69, 9.17) is 9.47 Å². The number of nitrogens with zero attached hydrogens (tertiary/aromatic N) is 6. The number of fused-ring (bicyclic) bond motifs is 2. The second-order valence-electron chi connectivity index (χ2n) is 17.7. The zero-order valence-corrected chi connectivity index (χ0v) is 35.7. The zero-order chi connectivity index (χ0) is 43.2. The number of imide groups is 2. The lowest BCUT2D eigenvalue weighted by atomic mass is 9.78. The molecule has 4 fully saturated rings. The number of hydrogen-bond acceptors (Lipinski definition) is 11. The van der Waals surface area contributed by atoms with Crippen molar-refractivity contribution in [3.8, 4) is 22.6 Å². The molecule has 14 nitrogen and oxygen atoms in total. The molecule has 7 heterocycles. The van der Waals surface area contributed by atoms with Crippen LogP contribution in [0.1, 0.15) is 77.6 Å². The van der Waals surface area contributed by atoms with Gasteiger partial charge in [0, 0.05) is 63.8 Å². The van der Waals surface area contributed by atoms with Crippen LogP contribution in [0.25, 0.3) is 21.9 Å². The van der Waals surface area contributed by atoms with Gasteiger partial charge in [0.25, 0.3) is 17.4 Å². The number of pyridine rings is 2. The quantitative estimate of drug-likeness (QED) is 0.215. The summed E-state index contributed by atoms with van der Waals surface area (Å²) in [5, 5.41) is 3.60. The second-order valence-corrected chi connectivity index (χ2v) is 17.7. The van der Waals surface area contributed by atoms with Crippen LogP contribution in [0, 0.1) is 23.6 Å². The van der Waals surface area contributed by atoms with Gasteiger partial charge in [0.1, 0.15) is 23.4 Å². The van der Waals surface area contributed by atoms with Crippen molar-refractivity contribution < 1.29 is 33.0 Å². The molecule has 0 saturated carbocycles. The van der Waals surface area contributed by atoms with Gasteiger partial charge in [-0.15, -0.1) is 0 Å². The lowest BCUT2D eigenvalue weighted by Crippen LogP contribution is -2.54. The first-order valence-electron chi connectivity index (χ1n) is 21.9. The molecule has 15 heteroatoms. The van der Waals surface area contributed by atoms with Gasteiger partial charge in [-0.05, 0) is 130 Å². The molecule has 0 spiro atoms. The fourth-order valence-electron chi connectivity index (χ4n) is 10.7. The molecule has 0 aliphatic carbocycles. The van der Waals surface area contributed by atoms with Gasteiger partial charge < -0.3 is 23.8 Å². The van der Waals surface area contributed by atoms with Crippen molar-refractivity contribution in [3.05, 3.63) is 81.8 Å². The standard InChI is InChI=1S/C47H54FN7O7/c1-51-26-36(32-6-13-49-24-35(32)45(51)58)31-20-41(61-2)37(42(21-31)62-3)27-53-16-11-30(12-17-53)29-9-14-52(15-10-29)25-28-7-18-54(19-8-28)40-23-34-33(22-38(40)48)46(59)55(47(34)60)39-4-5-43(56)50-44(39)57/h6,13,20-24,26,28-30,39H,4-5,7-12,14-19,25,27H2,1-3H3,(H,50,56,57). The zero-order valence-electron chi connectivity index (χ0n) is 35.7. The molecular formula is C47H54FN7O7. The summed E-state index contributed by atoms with van der Waals surface area (Å²) in [4.78, 5) is 75.6. The summed E-state index contributed by atoms with van der Waals surface area (Å²) in [6, 6.07) is 7.48. The van der Waals surface area contributed by atoms with Crippen LogP contribution in [0.15, 0.2) is 53.7 Å². The van der Waals surface area contributed by atoms with Crippen LogP contribution in [-0.4, -0.2) is 114 Å². The number of carbonyl (C=O) groups excluding carboxylic acids is 4. The number of rotatable bonds is 10. The number of aromatic nitrogens is 2. The van der Waals surface area contributed by atoms with Gasteiger partial charge in [0.15, 0.2) is 0 Å². The Labute approximate surface area is 359 Å². The molecule has 4 saturated heterocycles. The maximum atomic E-state index is 15.5. The maximum Gasteiger partial charge on any atom is 0.262 e. The minimum absolute atomic E-state index is 0.0291. The van der Waals surface area contributed by atoms with Crippen LogP contribution >= 0.6 is 0 Å². The number of ether oxygens (including phenoxy) is 2. The monoisotopic (exact) mass is 847 g/mol. The van der Waals surface area contributed by atoms with Crippen LogP contribution in [-0.2, 0) is 23.2 Å². The summed E-state index contributed by atoms with van der Waals surface area (Å²) in [5.74, 6) is 0.440. The van der Waals surface area contributed by atoms with Gasteiger partial charge in [-0.1, -0.05) is 0 Å². The van der Waals surface area contributed by atoms with Gasteiger partial charge in [-0.3, -0.25) is 44.1 Å². The van der Waals surface area contributed by atoms with Crippen LogP contribution in [0.5, 0.6) is 11.5 Å². The lowest BCUT2D eigenvalue weighted by Gasteiger charge is -2.42. The third kappa shape index (κ3) is 7.85. The minimum atomic E-state index is -1.08. The fraction of sp³-hybridized carbons (Fsp3) is 0.489. The Bertz CT molecular complexity index is 2460. The first-order valence-corrected chi connectivity index (χ1v) is 21.9. The largest absolute Gasteiger partial charge is 0.496 e. The molecular weight excluding hydrogens is 794 g/mol. The smallest absolute Gasteiger partial charge is 0.262 e. The predicted octanol–water partition coefficient (Wildman–Crippen LogP) is 5.00. The molecule has 4 amide bonds. The second kappa shape index (κ2) is 17.2. The third-order valence-corrected chi connectivity index (χ3v) is 14.2. The molecule has 326 valence electrons. The van der Waals surface area contributed by atoms with E-state index in [1.54, 1.807) is 38.2 Å². The number of carbonyl (C=O) groups is 4. The Kier molecular flexibility index (Phi) is 11.6. The van der Waals surface area contributed by atoms with E-state index < -0.39 is 35.5 Å². The average Bonchev–Trinajstić information content (AvgIpc) is 3.52. The van der Waals surface area contributed by atoms with Gasteiger partial charge in [0.05, 0.1) is 42.0 Å². The van der Waals surface area contributed by atoms with E-state index in [0.29, 0.717) is 41.9 Å². The van der Waals surface area contributed by atoms with E-state index in [0.717, 1.165) is 109 Å². The first kappa shape index (κ1) is 41.7. The highest BCUT2D eigenvalue weighted by atomic mass is 19.1. The van der Waals surface area contributed by atoms with Gasteiger partial charge >= 0.3 is 0 Å². The third-order valence-electron chi connectivity index (χ3n) is 14.2. The van der Waals surface area contributed by atoms with Crippen LogP contribution < -0.4 is 25.2 Å². The number of nitrogens with one attached hydrogen (secondary N) is 1. The highest BCUT2D eigenvalue weighted by Gasteiger charge is 2.45. The summed E-state index contributed by atoms with van der Waals surface area (Å²) in [6.07, 6.45) is 11.8. The highest BCUT2D eigenvalue weighted by molar-refractivity contribution is 6.23. The molecule has 0 radical (unpaired) electrons. The van der Waals surface area contributed by atoms with Crippen molar-refractivity contribution in [2.75, 3.05) is 64.9 Å². The summed E-state index contributed by atoms with van der Waals surface area (Å²) in [5.41, 5.74) is 3.13. The molecule has 2 aromatic heterocycles. The average molecular weight is 848 g/mol.